The SMILES string of the molecule is Cc1ccc(-c2cnc(CN=C(N)Nc3cc(C)cc(C)c3)o2)cc1. The van der Waals surface area contributed by atoms with Gasteiger partial charge in [-0.1, -0.05) is 35.9 Å². The zero-order valence-electron chi connectivity index (χ0n) is 14.7. The third kappa shape index (κ3) is 4.47. The van der Waals surface area contributed by atoms with Gasteiger partial charge in [-0.15, -0.1) is 0 Å². The van der Waals surface area contributed by atoms with E-state index in [-0.39, 0.29) is 6.54 Å². The fourth-order valence-corrected chi connectivity index (χ4v) is 2.62. The predicted octanol–water partition coefficient (Wildman–Crippen LogP) is 4.19. The van der Waals surface area contributed by atoms with Crippen molar-refractivity contribution < 1.29 is 4.42 Å². The highest BCUT2D eigenvalue weighted by Gasteiger charge is 2.06. The van der Waals surface area contributed by atoms with Gasteiger partial charge >= 0.3 is 0 Å². The molecule has 0 unspecified atom stereocenters. The fraction of sp³-hybridized carbons (Fsp3) is 0.200. The van der Waals surface area contributed by atoms with E-state index in [0.717, 1.165) is 17.0 Å². The lowest BCUT2D eigenvalue weighted by Gasteiger charge is -2.07. The number of hydrogen-bond donors (Lipinski definition) is 2. The van der Waals surface area contributed by atoms with Gasteiger partial charge in [0.2, 0.25) is 5.89 Å². The number of anilines is 1. The van der Waals surface area contributed by atoms with Crippen LogP contribution in [0.4, 0.5) is 5.69 Å². The van der Waals surface area contributed by atoms with Crippen molar-refractivity contribution in [2.45, 2.75) is 27.3 Å². The normalized spacial score (nSPS) is 11.6. The summed E-state index contributed by atoms with van der Waals surface area (Å²) in [6, 6.07) is 14.3. The van der Waals surface area contributed by atoms with Crippen LogP contribution >= 0.6 is 0 Å². The highest BCUT2D eigenvalue weighted by atomic mass is 16.4. The Hall–Kier alpha value is -3.08. The van der Waals surface area contributed by atoms with Gasteiger partial charge in [-0.25, -0.2) is 9.98 Å². The molecule has 0 fully saturated rings. The Balaban J connectivity index is 1.66. The molecule has 3 N–H and O–H groups in total. The Morgan fingerprint density at radius 3 is 2.40 bits per heavy atom. The minimum absolute atomic E-state index is 0.287. The molecule has 1 heterocycles. The van der Waals surface area contributed by atoms with Gasteiger partial charge in [0.25, 0.3) is 0 Å². The molecule has 25 heavy (non-hydrogen) atoms. The first-order valence-electron chi connectivity index (χ1n) is 8.16. The van der Waals surface area contributed by atoms with E-state index in [9.17, 15) is 0 Å². The number of aliphatic imine (C=N–C) groups is 1. The Labute approximate surface area is 147 Å². The molecule has 0 radical (unpaired) electrons. The molecule has 0 atom stereocenters. The van der Waals surface area contributed by atoms with Gasteiger partial charge in [-0.05, 0) is 44.0 Å². The molecule has 5 nitrogen and oxygen atoms in total. The van der Waals surface area contributed by atoms with E-state index in [4.69, 9.17) is 10.2 Å². The smallest absolute Gasteiger partial charge is 0.216 e. The van der Waals surface area contributed by atoms with Crippen molar-refractivity contribution >= 4 is 11.6 Å². The minimum atomic E-state index is 0.287. The van der Waals surface area contributed by atoms with Gasteiger partial charge in [-0.2, -0.15) is 0 Å². The lowest BCUT2D eigenvalue weighted by atomic mass is 10.1. The molecule has 2 aromatic carbocycles. The van der Waals surface area contributed by atoms with E-state index in [0.29, 0.717) is 11.9 Å². The van der Waals surface area contributed by atoms with Crippen molar-refractivity contribution in [3.8, 4) is 11.3 Å². The second-order valence-electron chi connectivity index (χ2n) is 6.19. The van der Waals surface area contributed by atoms with Gasteiger partial charge in [0.1, 0.15) is 6.54 Å². The number of nitrogens with one attached hydrogen (secondary N) is 1. The van der Waals surface area contributed by atoms with Crippen molar-refractivity contribution in [3.63, 3.8) is 0 Å². The van der Waals surface area contributed by atoms with Crippen molar-refractivity contribution in [1.82, 2.24) is 4.98 Å². The topological polar surface area (TPSA) is 76.4 Å². The summed E-state index contributed by atoms with van der Waals surface area (Å²) in [6.07, 6.45) is 1.71. The number of oxazole rings is 1. The van der Waals surface area contributed by atoms with Gasteiger partial charge in [0.15, 0.2) is 11.7 Å². The maximum atomic E-state index is 5.96. The van der Waals surface area contributed by atoms with Crippen LogP contribution in [0.25, 0.3) is 11.3 Å². The molecule has 0 aliphatic heterocycles. The third-order valence-corrected chi connectivity index (χ3v) is 3.77. The summed E-state index contributed by atoms with van der Waals surface area (Å²) >= 11 is 0. The first-order chi connectivity index (χ1) is 12.0. The molecule has 0 saturated heterocycles. The largest absolute Gasteiger partial charge is 0.439 e. The molecule has 0 saturated carbocycles. The van der Waals surface area contributed by atoms with Crippen LogP contribution in [0.15, 0.2) is 58.1 Å². The molecule has 3 aromatic rings. The molecule has 0 aliphatic rings. The first kappa shape index (κ1) is 16.8. The highest BCUT2D eigenvalue weighted by molar-refractivity contribution is 5.92. The van der Waals surface area contributed by atoms with Gasteiger partial charge in [0, 0.05) is 11.3 Å². The van der Waals surface area contributed by atoms with Crippen molar-refractivity contribution in [2.75, 3.05) is 5.32 Å². The van der Waals surface area contributed by atoms with Crippen LogP contribution in [-0.2, 0) is 6.54 Å². The monoisotopic (exact) mass is 334 g/mol. The van der Waals surface area contributed by atoms with E-state index in [2.05, 4.69) is 28.3 Å². The van der Waals surface area contributed by atoms with Crippen molar-refractivity contribution in [1.29, 1.82) is 0 Å². The molecule has 5 heteroatoms. The number of aromatic nitrogens is 1. The number of nitrogens with two attached hydrogens (primary N) is 1. The summed E-state index contributed by atoms with van der Waals surface area (Å²) in [5, 5.41) is 3.10. The molecular weight excluding hydrogens is 312 g/mol. The second-order valence-corrected chi connectivity index (χ2v) is 6.19. The second kappa shape index (κ2) is 7.21. The third-order valence-electron chi connectivity index (χ3n) is 3.77. The van der Waals surface area contributed by atoms with Crippen LogP contribution in [0.3, 0.4) is 0 Å². The zero-order valence-corrected chi connectivity index (χ0v) is 14.7. The summed E-state index contributed by atoms with van der Waals surface area (Å²) in [6.45, 7) is 6.43. The molecule has 0 bridgehead atoms. The summed E-state index contributed by atoms with van der Waals surface area (Å²) in [5.74, 6) is 1.59. The molecule has 3 rings (SSSR count). The summed E-state index contributed by atoms with van der Waals surface area (Å²) in [4.78, 5) is 8.56. The van der Waals surface area contributed by atoms with E-state index < -0.39 is 0 Å². The van der Waals surface area contributed by atoms with Gasteiger partial charge < -0.3 is 15.5 Å². The van der Waals surface area contributed by atoms with E-state index in [1.54, 1.807) is 6.20 Å². The maximum absolute atomic E-state index is 5.96. The van der Waals surface area contributed by atoms with Crippen LogP contribution < -0.4 is 11.1 Å². The fourth-order valence-electron chi connectivity index (χ4n) is 2.62. The molecular formula is C20H22N4O. The Morgan fingerprint density at radius 1 is 1.04 bits per heavy atom. The summed E-state index contributed by atoms with van der Waals surface area (Å²) in [7, 11) is 0. The lowest BCUT2D eigenvalue weighted by molar-refractivity contribution is 0.510. The van der Waals surface area contributed by atoms with Crippen LogP contribution in [0.1, 0.15) is 22.6 Å². The quantitative estimate of drug-likeness (QED) is 0.554. The zero-order chi connectivity index (χ0) is 17.8. The molecule has 0 amide bonds. The van der Waals surface area contributed by atoms with E-state index in [1.807, 2.05) is 50.2 Å². The number of rotatable bonds is 4. The number of hydrogen-bond acceptors (Lipinski definition) is 3. The molecule has 0 aliphatic carbocycles. The maximum Gasteiger partial charge on any atom is 0.216 e. The Morgan fingerprint density at radius 2 is 1.72 bits per heavy atom. The minimum Gasteiger partial charge on any atom is -0.439 e. The van der Waals surface area contributed by atoms with Crippen molar-refractivity contribution in [2.24, 2.45) is 10.7 Å². The first-order valence-corrected chi connectivity index (χ1v) is 8.16. The lowest BCUT2D eigenvalue weighted by Crippen LogP contribution is -2.22. The average molecular weight is 334 g/mol. The summed E-state index contributed by atoms with van der Waals surface area (Å²) < 4.78 is 5.75. The molecule has 1 aromatic heterocycles. The Bertz CT molecular complexity index is 874. The molecule has 0 spiro atoms. The predicted molar refractivity (Wildman–Crippen MR) is 102 cm³/mol. The molecule has 128 valence electrons. The van der Waals surface area contributed by atoms with Crippen LogP contribution in [0.2, 0.25) is 0 Å². The number of guanidine groups is 1. The highest BCUT2D eigenvalue weighted by Crippen LogP contribution is 2.21. The summed E-state index contributed by atoms with van der Waals surface area (Å²) in [5.41, 5.74) is 11.4. The number of benzene rings is 2. The van der Waals surface area contributed by atoms with Crippen LogP contribution in [-0.4, -0.2) is 10.9 Å². The van der Waals surface area contributed by atoms with Gasteiger partial charge in [-0.3, -0.25) is 0 Å². The van der Waals surface area contributed by atoms with Gasteiger partial charge in [0.05, 0.1) is 6.20 Å². The standard InChI is InChI=1S/C20H22N4O/c1-13-4-6-16(7-5-13)18-11-22-19(25-18)12-23-20(21)24-17-9-14(2)8-15(3)10-17/h4-11H,12H2,1-3H3,(H3,21,23,24). The average Bonchev–Trinajstić information content (AvgIpc) is 3.01. The van der Waals surface area contributed by atoms with Crippen LogP contribution in [0.5, 0.6) is 0 Å². The number of aryl methyl sites for hydroxylation is 3. The number of nitrogens with zero attached hydrogens (tertiary/aromatic N) is 2. The van der Waals surface area contributed by atoms with E-state index >= 15 is 0 Å². The Kier molecular flexibility index (Phi) is 4.84. The van der Waals surface area contributed by atoms with Crippen LogP contribution in [0, 0.1) is 20.8 Å². The van der Waals surface area contributed by atoms with Crippen molar-refractivity contribution in [3.05, 3.63) is 71.2 Å². The van der Waals surface area contributed by atoms with E-state index in [1.165, 1.54) is 16.7 Å².